The first kappa shape index (κ1) is 14.1. The van der Waals surface area contributed by atoms with Gasteiger partial charge in [-0.2, -0.15) is 11.3 Å². The fourth-order valence-corrected chi connectivity index (χ4v) is 2.79. The summed E-state index contributed by atoms with van der Waals surface area (Å²) < 4.78 is 5.22. The van der Waals surface area contributed by atoms with Crippen molar-refractivity contribution in [1.82, 2.24) is 5.32 Å². The first-order valence-corrected chi connectivity index (χ1v) is 7.22. The summed E-state index contributed by atoms with van der Waals surface area (Å²) in [5.74, 6) is 0.806. The molecule has 2 atom stereocenters. The molecule has 0 saturated carbocycles. The zero-order valence-electron chi connectivity index (χ0n) is 11.2. The minimum absolute atomic E-state index is 0.0572. The first-order valence-electron chi connectivity index (χ1n) is 6.27. The molecule has 2 rings (SSSR count). The van der Waals surface area contributed by atoms with E-state index in [0.717, 1.165) is 11.3 Å². The maximum atomic E-state index is 9.59. The van der Waals surface area contributed by atoms with Crippen molar-refractivity contribution in [2.75, 3.05) is 13.7 Å². The lowest BCUT2D eigenvalue weighted by Crippen LogP contribution is -2.27. The molecule has 0 aliphatic heterocycles. The molecule has 2 N–H and O–H groups in total. The van der Waals surface area contributed by atoms with Crippen molar-refractivity contribution in [3.8, 4) is 5.75 Å². The Hall–Kier alpha value is -1.36. The van der Waals surface area contributed by atoms with Crippen molar-refractivity contribution in [2.45, 2.75) is 19.0 Å². The molecular formula is C15H19NO2S. The van der Waals surface area contributed by atoms with E-state index in [1.807, 2.05) is 24.3 Å². The second-order valence-corrected chi connectivity index (χ2v) is 5.24. The number of rotatable bonds is 6. The Balaban J connectivity index is 2.11. The molecule has 0 saturated heterocycles. The van der Waals surface area contributed by atoms with Crippen molar-refractivity contribution >= 4 is 11.3 Å². The van der Waals surface area contributed by atoms with Gasteiger partial charge in [-0.05, 0) is 47.0 Å². The number of aliphatic hydroxyl groups is 1. The normalized spacial score (nSPS) is 14.1. The monoisotopic (exact) mass is 277 g/mol. The molecular weight excluding hydrogens is 258 g/mol. The molecule has 1 aromatic carbocycles. The van der Waals surface area contributed by atoms with Crippen LogP contribution in [-0.4, -0.2) is 18.8 Å². The molecule has 2 aromatic rings. The highest BCUT2D eigenvalue weighted by Gasteiger charge is 2.15. The Morgan fingerprint density at radius 1 is 1.32 bits per heavy atom. The van der Waals surface area contributed by atoms with Crippen molar-refractivity contribution in [3.05, 3.63) is 52.2 Å². The van der Waals surface area contributed by atoms with E-state index in [4.69, 9.17) is 4.74 Å². The summed E-state index contributed by atoms with van der Waals surface area (Å²) in [5, 5.41) is 17.2. The molecule has 4 heteroatoms. The topological polar surface area (TPSA) is 41.5 Å². The highest BCUT2D eigenvalue weighted by molar-refractivity contribution is 7.07. The van der Waals surface area contributed by atoms with Crippen LogP contribution >= 0.6 is 11.3 Å². The van der Waals surface area contributed by atoms with E-state index >= 15 is 0 Å². The van der Waals surface area contributed by atoms with Gasteiger partial charge in [-0.3, -0.25) is 0 Å². The van der Waals surface area contributed by atoms with Crippen LogP contribution < -0.4 is 10.1 Å². The Morgan fingerprint density at radius 3 is 2.79 bits per heavy atom. The number of methoxy groups -OCH3 is 1. The van der Waals surface area contributed by atoms with Crippen LogP contribution in [0.15, 0.2) is 41.1 Å². The van der Waals surface area contributed by atoms with Crippen molar-refractivity contribution in [2.24, 2.45) is 0 Å². The zero-order valence-corrected chi connectivity index (χ0v) is 12.0. The van der Waals surface area contributed by atoms with Gasteiger partial charge in [0.25, 0.3) is 0 Å². The lowest BCUT2D eigenvalue weighted by molar-refractivity contribution is 0.235. The maximum Gasteiger partial charge on any atom is 0.119 e. The largest absolute Gasteiger partial charge is 0.497 e. The molecule has 0 amide bonds. The number of hydrogen-bond donors (Lipinski definition) is 2. The molecule has 0 bridgehead atoms. The predicted octanol–water partition coefficient (Wildman–Crippen LogP) is 3.14. The number of thiophene rings is 1. The average molecular weight is 277 g/mol. The van der Waals surface area contributed by atoms with Gasteiger partial charge in [-0.25, -0.2) is 0 Å². The standard InChI is InChI=1S/C15H19NO2S/c1-11(13-6-7-19-10-13)16-15(9-17)12-4-3-5-14(8-12)18-2/h3-8,10-11,15-17H,9H2,1-2H3. The van der Waals surface area contributed by atoms with Crippen molar-refractivity contribution < 1.29 is 9.84 Å². The SMILES string of the molecule is COc1cccc(C(CO)NC(C)c2ccsc2)c1. The molecule has 1 aromatic heterocycles. The molecule has 102 valence electrons. The predicted molar refractivity (Wildman–Crippen MR) is 78.7 cm³/mol. The van der Waals surface area contributed by atoms with Gasteiger partial charge >= 0.3 is 0 Å². The second kappa shape index (κ2) is 6.70. The van der Waals surface area contributed by atoms with Gasteiger partial charge < -0.3 is 15.2 Å². The Labute approximate surface area is 117 Å². The fourth-order valence-electron chi connectivity index (χ4n) is 2.03. The lowest BCUT2D eigenvalue weighted by atomic mass is 10.0. The van der Waals surface area contributed by atoms with Gasteiger partial charge in [-0.15, -0.1) is 0 Å². The van der Waals surface area contributed by atoms with Crippen LogP contribution in [0, 0.1) is 0 Å². The molecule has 0 aliphatic carbocycles. The highest BCUT2D eigenvalue weighted by Crippen LogP contribution is 2.23. The van der Waals surface area contributed by atoms with Crippen LogP contribution in [0.4, 0.5) is 0 Å². The first-order chi connectivity index (χ1) is 9.24. The molecule has 19 heavy (non-hydrogen) atoms. The third kappa shape index (κ3) is 3.56. The molecule has 0 spiro atoms. The molecule has 0 radical (unpaired) electrons. The summed E-state index contributed by atoms with van der Waals surface area (Å²) in [7, 11) is 1.65. The summed E-state index contributed by atoms with van der Waals surface area (Å²) in [6.45, 7) is 2.16. The minimum Gasteiger partial charge on any atom is -0.497 e. The lowest BCUT2D eigenvalue weighted by Gasteiger charge is -2.22. The quantitative estimate of drug-likeness (QED) is 0.852. The van der Waals surface area contributed by atoms with Gasteiger partial charge in [-0.1, -0.05) is 12.1 Å². The number of hydrogen-bond acceptors (Lipinski definition) is 4. The maximum absolute atomic E-state index is 9.59. The van der Waals surface area contributed by atoms with E-state index < -0.39 is 0 Å². The van der Waals surface area contributed by atoms with Crippen LogP contribution in [0.3, 0.4) is 0 Å². The minimum atomic E-state index is -0.0926. The van der Waals surface area contributed by atoms with Crippen LogP contribution in [0.1, 0.15) is 30.1 Å². The van der Waals surface area contributed by atoms with E-state index in [1.54, 1.807) is 18.4 Å². The van der Waals surface area contributed by atoms with Crippen LogP contribution in [0.25, 0.3) is 0 Å². The fraction of sp³-hybridized carbons (Fsp3) is 0.333. The van der Waals surface area contributed by atoms with E-state index in [9.17, 15) is 5.11 Å². The van der Waals surface area contributed by atoms with Crippen LogP contribution in [-0.2, 0) is 0 Å². The average Bonchev–Trinajstić information content (AvgIpc) is 2.98. The van der Waals surface area contributed by atoms with Crippen LogP contribution in [0.5, 0.6) is 5.75 Å². The van der Waals surface area contributed by atoms with Gasteiger partial charge in [0.2, 0.25) is 0 Å². The third-order valence-corrected chi connectivity index (χ3v) is 3.87. The Kier molecular flexibility index (Phi) is 4.96. The van der Waals surface area contributed by atoms with E-state index in [-0.39, 0.29) is 18.7 Å². The van der Waals surface area contributed by atoms with Gasteiger partial charge in [0.1, 0.15) is 5.75 Å². The third-order valence-electron chi connectivity index (χ3n) is 3.17. The van der Waals surface area contributed by atoms with E-state index in [2.05, 4.69) is 29.1 Å². The van der Waals surface area contributed by atoms with E-state index in [1.165, 1.54) is 5.56 Å². The summed E-state index contributed by atoms with van der Waals surface area (Å²) >= 11 is 1.68. The highest BCUT2D eigenvalue weighted by atomic mass is 32.1. The van der Waals surface area contributed by atoms with E-state index in [0.29, 0.717) is 0 Å². The molecule has 1 heterocycles. The molecule has 0 aliphatic rings. The molecule has 3 nitrogen and oxygen atoms in total. The number of ether oxygens (including phenoxy) is 1. The smallest absolute Gasteiger partial charge is 0.119 e. The van der Waals surface area contributed by atoms with Crippen molar-refractivity contribution in [3.63, 3.8) is 0 Å². The van der Waals surface area contributed by atoms with Gasteiger partial charge in [0.05, 0.1) is 19.8 Å². The van der Waals surface area contributed by atoms with Gasteiger partial charge in [0, 0.05) is 6.04 Å². The zero-order chi connectivity index (χ0) is 13.7. The Bertz CT molecular complexity index is 499. The Morgan fingerprint density at radius 2 is 2.16 bits per heavy atom. The molecule has 2 unspecified atom stereocenters. The summed E-state index contributed by atoms with van der Waals surface area (Å²) in [6.07, 6.45) is 0. The summed E-state index contributed by atoms with van der Waals surface area (Å²) in [6, 6.07) is 10.0. The number of benzene rings is 1. The number of aliphatic hydroxyl groups excluding tert-OH is 1. The van der Waals surface area contributed by atoms with Crippen LogP contribution in [0.2, 0.25) is 0 Å². The summed E-state index contributed by atoms with van der Waals surface area (Å²) in [4.78, 5) is 0. The number of nitrogens with one attached hydrogen (secondary N) is 1. The molecule has 0 fully saturated rings. The van der Waals surface area contributed by atoms with Gasteiger partial charge in [0.15, 0.2) is 0 Å². The van der Waals surface area contributed by atoms with Crippen molar-refractivity contribution in [1.29, 1.82) is 0 Å². The summed E-state index contributed by atoms with van der Waals surface area (Å²) in [5.41, 5.74) is 2.27. The second-order valence-electron chi connectivity index (χ2n) is 4.46.